The van der Waals surface area contributed by atoms with Crippen molar-refractivity contribution in [3.05, 3.63) is 11.1 Å². The third-order valence-electron chi connectivity index (χ3n) is 2.72. The second-order valence-corrected chi connectivity index (χ2v) is 5.23. The molecular weight excluding hydrogens is 222 g/mol. The van der Waals surface area contributed by atoms with Crippen molar-refractivity contribution >= 4 is 22.4 Å². The van der Waals surface area contributed by atoms with Crippen LogP contribution in [0.4, 0.5) is 5.13 Å². The first kappa shape index (κ1) is 11.5. The summed E-state index contributed by atoms with van der Waals surface area (Å²) in [5, 5.41) is 8.75. The lowest BCUT2D eigenvalue weighted by molar-refractivity contribution is -0.117. The summed E-state index contributed by atoms with van der Waals surface area (Å²) >= 11 is 1.49. The Kier molecular flexibility index (Phi) is 3.56. The number of nitrogens with one attached hydrogen (secondary N) is 2. The summed E-state index contributed by atoms with van der Waals surface area (Å²) in [5.41, 5.74) is 1.04. The molecule has 1 amide bonds. The van der Waals surface area contributed by atoms with E-state index in [1.54, 1.807) is 0 Å². The number of thiazole rings is 1. The van der Waals surface area contributed by atoms with Crippen molar-refractivity contribution in [2.75, 3.05) is 11.9 Å². The van der Waals surface area contributed by atoms with E-state index in [0.717, 1.165) is 25.1 Å². The predicted octanol–water partition coefficient (Wildman–Crippen LogP) is 1.96. The topological polar surface area (TPSA) is 54.0 Å². The number of rotatable bonds is 3. The molecule has 2 N–H and O–H groups in total. The molecule has 0 saturated carbocycles. The third-order valence-corrected chi connectivity index (χ3v) is 3.50. The molecule has 16 heavy (non-hydrogen) atoms. The van der Waals surface area contributed by atoms with E-state index in [2.05, 4.69) is 29.5 Å². The van der Waals surface area contributed by atoms with Crippen LogP contribution < -0.4 is 10.6 Å². The Morgan fingerprint density at radius 2 is 2.50 bits per heavy atom. The van der Waals surface area contributed by atoms with Crippen LogP contribution in [-0.4, -0.2) is 23.5 Å². The molecule has 2 rings (SSSR count). The largest absolute Gasteiger partial charge is 0.306 e. The molecule has 1 aromatic rings. The fraction of sp³-hybridized carbons (Fsp3) is 0.636. The van der Waals surface area contributed by atoms with Crippen LogP contribution in [0.15, 0.2) is 5.38 Å². The molecule has 5 heteroatoms. The molecule has 1 aromatic heterocycles. The Bertz CT molecular complexity index is 369. The molecule has 0 radical (unpaired) electrons. The second-order valence-electron chi connectivity index (χ2n) is 4.37. The van der Waals surface area contributed by atoms with Crippen molar-refractivity contribution in [2.45, 2.75) is 38.6 Å². The molecule has 0 spiro atoms. The van der Waals surface area contributed by atoms with Gasteiger partial charge in [-0.15, -0.1) is 11.3 Å². The zero-order chi connectivity index (χ0) is 11.5. The van der Waals surface area contributed by atoms with E-state index < -0.39 is 0 Å². The summed E-state index contributed by atoms with van der Waals surface area (Å²) in [5.74, 6) is 0.452. The van der Waals surface area contributed by atoms with E-state index in [1.165, 1.54) is 11.3 Å². The van der Waals surface area contributed by atoms with E-state index in [1.807, 2.05) is 5.38 Å². The van der Waals surface area contributed by atoms with Gasteiger partial charge in [0.05, 0.1) is 11.7 Å². The van der Waals surface area contributed by atoms with Crippen LogP contribution in [0.2, 0.25) is 0 Å². The number of hydrogen-bond donors (Lipinski definition) is 2. The lowest BCUT2D eigenvalue weighted by Gasteiger charge is -2.08. The highest BCUT2D eigenvalue weighted by molar-refractivity contribution is 7.13. The summed E-state index contributed by atoms with van der Waals surface area (Å²) < 4.78 is 0. The van der Waals surface area contributed by atoms with Crippen molar-refractivity contribution in [2.24, 2.45) is 0 Å². The Morgan fingerprint density at radius 1 is 1.69 bits per heavy atom. The Balaban J connectivity index is 1.95. The molecule has 1 saturated heterocycles. The summed E-state index contributed by atoms with van der Waals surface area (Å²) in [6.07, 6.45) is 2.00. The van der Waals surface area contributed by atoms with Crippen LogP contribution in [0.5, 0.6) is 0 Å². The highest BCUT2D eigenvalue weighted by atomic mass is 32.1. The van der Waals surface area contributed by atoms with Crippen molar-refractivity contribution in [3.8, 4) is 0 Å². The summed E-state index contributed by atoms with van der Waals surface area (Å²) in [4.78, 5) is 16.2. The lowest BCUT2D eigenvalue weighted by Crippen LogP contribution is -2.35. The number of aromatic nitrogens is 1. The minimum Gasteiger partial charge on any atom is -0.306 e. The van der Waals surface area contributed by atoms with Crippen molar-refractivity contribution < 1.29 is 4.79 Å². The maximum Gasteiger partial charge on any atom is 0.243 e. The minimum absolute atomic E-state index is 0.0357. The first-order valence-electron chi connectivity index (χ1n) is 5.66. The lowest BCUT2D eigenvalue weighted by atomic mass is 10.2. The van der Waals surface area contributed by atoms with E-state index >= 15 is 0 Å². The molecule has 1 aliphatic rings. The normalized spacial score (nSPS) is 20.3. The Hall–Kier alpha value is -0.940. The average molecular weight is 239 g/mol. The van der Waals surface area contributed by atoms with Gasteiger partial charge in [-0.1, -0.05) is 13.8 Å². The molecular formula is C11H17N3OS. The molecule has 0 bridgehead atoms. The molecule has 0 aliphatic carbocycles. The maximum atomic E-state index is 11.8. The number of carbonyl (C=O) groups excluding carboxylic acids is 1. The first-order chi connectivity index (χ1) is 7.66. The fourth-order valence-electron chi connectivity index (χ4n) is 1.71. The maximum absolute atomic E-state index is 11.8. The van der Waals surface area contributed by atoms with Gasteiger partial charge in [-0.2, -0.15) is 0 Å². The number of nitrogens with zero attached hydrogens (tertiary/aromatic N) is 1. The van der Waals surface area contributed by atoms with Crippen molar-refractivity contribution in [1.29, 1.82) is 0 Å². The van der Waals surface area contributed by atoms with E-state index in [9.17, 15) is 4.79 Å². The Labute approximate surface area is 99.5 Å². The molecule has 1 unspecified atom stereocenters. The van der Waals surface area contributed by atoms with Gasteiger partial charge < -0.3 is 10.6 Å². The number of carbonyl (C=O) groups is 1. The summed E-state index contributed by atoms with van der Waals surface area (Å²) in [6.45, 7) is 5.13. The van der Waals surface area contributed by atoms with Gasteiger partial charge >= 0.3 is 0 Å². The van der Waals surface area contributed by atoms with Crippen molar-refractivity contribution in [3.63, 3.8) is 0 Å². The Morgan fingerprint density at radius 3 is 3.06 bits per heavy atom. The standard InChI is InChI=1S/C11H17N3OS/c1-7(2)9-6-16-11(13-9)14-10(15)8-4-3-5-12-8/h6-8,12H,3-5H2,1-2H3,(H,13,14,15). The first-order valence-corrected chi connectivity index (χ1v) is 6.54. The summed E-state index contributed by atoms with van der Waals surface area (Å²) in [6, 6.07) is -0.0357. The zero-order valence-corrected chi connectivity index (χ0v) is 10.4. The quantitative estimate of drug-likeness (QED) is 0.847. The van der Waals surface area contributed by atoms with Crippen LogP contribution in [0.25, 0.3) is 0 Å². The monoisotopic (exact) mass is 239 g/mol. The highest BCUT2D eigenvalue weighted by Crippen LogP contribution is 2.21. The molecule has 1 atom stereocenters. The minimum atomic E-state index is -0.0357. The van der Waals surface area contributed by atoms with Crippen LogP contribution in [0.3, 0.4) is 0 Å². The SMILES string of the molecule is CC(C)c1csc(NC(=O)C2CCCN2)n1. The number of amides is 1. The molecule has 1 aliphatic heterocycles. The molecule has 1 fully saturated rings. The molecule has 2 heterocycles. The predicted molar refractivity (Wildman–Crippen MR) is 65.9 cm³/mol. The van der Waals surface area contributed by atoms with Gasteiger partial charge in [0, 0.05) is 5.38 Å². The molecule has 0 aromatic carbocycles. The molecule has 88 valence electrons. The van der Waals surface area contributed by atoms with Crippen molar-refractivity contribution in [1.82, 2.24) is 10.3 Å². The number of hydrogen-bond acceptors (Lipinski definition) is 4. The van der Waals surface area contributed by atoms with E-state index in [-0.39, 0.29) is 11.9 Å². The fourth-order valence-corrected chi connectivity index (χ4v) is 2.58. The van der Waals surface area contributed by atoms with Gasteiger partial charge in [0.1, 0.15) is 0 Å². The van der Waals surface area contributed by atoms with E-state index in [4.69, 9.17) is 0 Å². The number of anilines is 1. The van der Waals surface area contributed by atoms with Gasteiger partial charge in [-0.3, -0.25) is 4.79 Å². The van der Waals surface area contributed by atoms with Gasteiger partial charge in [-0.25, -0.2) is 4.98 Å². The van der Waals surface area contributed by atoms with Crippen LogP contribution in [0.1, 0.15) is 38.3 Å². The smallest absolute Gasteiger partial charge is 0.243 e. The molecule has 4 nitrogen and oxygen atoms in total. The van der Waals surface area contributed by atoms with Gasteiger partial charge in [-0.05, 0) is 25.3 Å². The van der Waals surface area contributed by atoms with E-state index in [0.29, 0.717) is 11.0 Å². The van der Waals surface area contributed by atoms with Gasteiger partial charge in [0.25, 0.3) is 0 Å². The van der Waals surface area contributed by atoms with Crippen LogP contribution in [-0.2, 0) is 4.79 Å². The average Bonchev–Trinajstić information content (AvgIpc) is 2.87. The zero-order valence-electron chi connectivity index (χ0n) is 9.62. The van der Waals surface area contributed by atoms with Gasteiger partial charge in [0.15, 0.2) is 5.13 Å². The van der Waals surface area contributed by atoms with Gasteiger partial charge in [0.2, 0.25) is 5.91 Å². The second kappa shape index (κ2) is 4.93. The van der Waals surface area contributed by atoms with Crippen LogP contribution >= 0.6 is 11.3 Å². The highest BCUT2D eigenvalue weighted by Gasteiger charge is 2.22. The summed E-state index contributed by atoms with van der Waals surface area (Å²) in [7, 11) is 0. The third kappa shape index (κ3) is 2.59. The van der Waals surface area contributed by atoms with Crippen LogP contribution in [0, 0.1) is 0 Å².